The number of nitrogens with zero attached hydrogens (tertiary/aromatic N) is 1. The van der Waals surface area contributed by atoms with Crippen molar-refractivity contribution in [3.05, 3.63) is 22.7 Å². The summed E-state index contributed by atoms with van der Waals surface area (Å²) in [5.74, 6) is 0. The molecule has 15 heavy (non-hydrogen) atoms. The van der Waals surface area contributed by atoms with E-state index in [2.05, 4.69) is 15.9 Å². The lowest BCUT2D eigenvalue weighted by Gasteiger charge is -2.27. The molecule has 0 saturated carbocycles. The Balaban J connectivity index is 2.34. The minimum Gasteiger partial charge on any atom is -0.449 e. The molecular weight excluding hydrogens is 260 g/mol. The fourth-order valence-corrected chi connectivity index (χ4v) is 1.97. The Morgan fingerprint density at radius 1 is 1.47 bits per heavy atom. The second-order valence-corrected chi connectivity index (χ2v) is 4.18. The van der Waals surface area contributed by atoms with Crippen LogP contribution in [0.1, 0.15) is 6.42 Å². The van der Waals surface area contributed by atoms with Gasteiger partial charge in [0.1, 0.15) is 0 Å². The number of hydrogen-bond acceptors (Lipinski definition) is 3. The van der Waals surface area contributed by atoms with Gasteiger partial charge < -0.3 is 10.5 Å². The van der Waals surface area contributed by atoms with E-state index in [1.165, 1.54) is 0 Å². The number of rotatable bonds is 1. The first kappa shape index (κ1) is 10.3. The predicted molar refractivity (Wildman–Crippen MR) is 61.9 cm³/mol. The summed E-state index contributed by atoms with van der Waals surface area (Å²) in [5.41, 5.74) is 7.07. The summed E-state index contributed by atoms with van der Waals surface area (Å²) in [7, 11) is 0. The highest BCUT2D eigenvalue weighted by atomic mass is 79.9. The van der Waals surface area contributed by atoms with E-state index in [0.29, 0.717) is 18.8 Å². The lowest BCUT2D eigenvalue weighted by molar-refractivity contribution is 0.140. The molecule has 0 spiro atoms. The van der Waals surface area contributed by atoms with Gasteiger partial charge in [0.05, 0.1) is 12.3 Å². The van der Waals surface area contributed by atoms with Crippen molar-refractivity contribution < 1.29 is 9.53 Å². The Kier molecular flexibility index (Phi) is 2.81. The Bertz CT molecular complexity index is 395. The lowest BCUT2D eigenvalue weighted by Crippen LogP contribution is -2.37. The number of carbonyl (C=O) groups is 1. The summed E-state index contributed by atoms with van der Waals surface area (Å²) in [5, 5.41) is 0. The Morgan fingerprint density at radius 3 is 3.00 bits per heavy atom. The first-order chi connectivity index (χ1) is 7.18. The molecule has 1 saturated heterocycles. The van der Waals surface area contributed by atoms with Gasteiger partial charge in [-0.25, -0.2) is 4.79 Å². The van der Waals surface area contributed by atoms with Crippen LogP contribution in [0.2, 0.25) is 0 Å². The van der Waals surface area contributed by atoms with Gasteiger partial charge in [-0.2, -0.15) is 0 Å². The number of nitrogen functional groups attached to an aromatic ring is 1. The van der Waals surface area contributed by atoms with Crippen molar-refractivity contribution in [1.29, 1.82) is 0 Å². The lowest BCUT2D eigenvalue weighted by atomic mass is 10.2. The highest BCUT2D eigenvalue weighted by molar-refractivity contribution is 9.10. The molecule has 2 N–H and O–H groups in total. The number of nitrogens with two attached hydrogens (primary N) is 1. The van der Waals surface area contributed by atoms with Crippen LogP contribution in [0, 0.1) is 0 Å². The molecule has 0 unspecified atom stereocenters. The summed E-state index contributed by atoms with van der Waals surface area (Å²) < 4.78 is 5.81. The molecule has 0 atom stereocenters. The maximum Gasteiger partial charge on any atom is 0.414 e. The Labute approximate surface area is 96.1 Å². The van der Waals surface area contributed by atoms with Crippen LogP contribution in [0.3, 0.4) is 0 Å². The van der Waals surface area contributed by atoms with Crippen LogP contribution in [-0.4, -0.2) is 19.2 Å². The maximum absolute atomic E-state index is 11.5. The molecule has 2 rings (SSSR count). The Hall–Kier alpha value is -1.23. The van der Waals surface area contributed by atoms with Gasteiger partial charge in [-0.15, -0.1) is 0 Å². The van der Waals surface area contributed by atoms with E-state index in [1.54, 1.807) is 17.0 Å². The van der Waals surface area contributed by atoms with Gasteiger partial charge in [0.25, 0.3) is 0 Å². The van der Waals surface area contributed by atoms with Crippen molar-refractivity contribution in [2.24, 2.45) is 0 Å². The molecule has 1 amide bonds. The third kappa shape index (κ3) is 2.07. The smallest absolute Gasteiger partial charge is 0.414 e. The zero-order valence-corrected chi connectivity index (χ0v) is 9.66. The number of benzene rings is 1. The van der Waals surface area contributed by atoms with Gasteiger partial charge in [0, 0.05) is 16.7 Å². The molecule has 1 fully saturated rings. The van der Waals surface area contributed by atoms with Crippen molar-refractivity contribution in [3.8, 4) is 0 Å². The third-order valence-electron chi connectivity index (χ3n) is 2.23. The van der Waals surface area contributed by atoms with Crippen molar-refractivity contribution >= 4 is 33.4 Å². The zero-order chi connectivity index (χ0) is 10.8. The summed E-state index contributed by atoms with van der Waals surface area (Å²) in [4.78, 5) is 13.1. The largest absolute Gasteiger partial charge is 0.449 e. The van der Waals surface area contributed by atoms with Crippen LogP contribution < -0.4 is 10.6 Å². The third-order valence-corrected chi connectivity index (χ3v) is 2.90. The zero-order valence-electron chi connectivity index (χ0n) is 8.07. The molecule has 1 aliphatic heterocycles. The van der Waals surface area contributed by atoms with Gasteiger partial charge in [-0.3, -0.25) is 4.90 Å². The van der Waals surface area contributed by atoms with E-state index in [4.69, 9.17) is 10.5 Å². The number of halogens is 1. The predicted octanol–water partition coefficient (Wildman–Crippen LogP) is 2.38. The first-order valence-corrected chi connectivity index (χ1v) is 5.47. The monoisotopic (exact) mass is 270 g/mol. The van der Waals surface area contributed by atoms with Crippen molar-refractivity contribution in [3.63, 3.8) is 0 Å². The number of ether oxygens (including phenoxy) is 1. The van der Waals surface area contributed by atoms with E-state index in [1.807, 2.05) is 6.07 Å². The average molecular weight is 271 g/mol. The van der Waals surface area contributed by atoms with Gasteiger partial charge >= 0.3 is 6.09 Å². The molecule has 1 aromatic carbocycles. The van der Waals surface area contributed by atoms with E-state index < -0.39 is 0 Å². The SMILES string of the molecule is Nc1ccc(Br)c(N2CCCOC2=O)c1. The average Bonchev–Trinajstić information content (AvgIpc) is 2.23. The summed E-state index contributed by atoms with van der Waals surface area (Å²) in [6.45, 7) is 1.16. The van der Waals surface area contributed by atoms with Crippen molar-refractivity contribution in [2.75, 3.05) is 23.8 Å². The summed E-state index contributed by atoms with van der Waals surface area (Å²) in [6.07, 6.45) is 0.528. The molecule has 1 heterocycles. The van der Waals surface area contributed by atoms with E-state index >= 15 is 0 Å². The van der Waals surface area contributed by atoms with E-state index in [0.717, 1.165) is 16.6 Å². The van der Waals surface area contributed by atoms with Crippen LogP contribution in [0.5, 0.6) is 0 Å². The summed E-state index contributed by atoms with van der Waals surface area (Å²) in [6, 6.07) is 5.37. The van der Waals surface area contributed by atoms with Crippen LogP contribution in [-0.2, 0) is 4.74 Å². The van der Waals surface area contributed by atoms with Gasteiger partial charge in [-0.1, -0.05) is 0 Å². The number of hydrogen-bond donors (Lipinski definition) is 1. The number of amides is 1. The van der Waals surface area contributed by atoms with Crippen LogP contribution in [0.25, 0.3) is 0 Å². The quantitative estimate of drug-likeness (QED) is 0.798. The number of anilines is 2. The maximum atomic E-state index is 11.5. The first-order valence-electron chi connectivity index (χ1n) is 4.68. The fourth-order valence-electron chi connectivity index (χ4n) is 1.51. The minimum atomic E-state index is -0.312. The Morgan fingerprint density at radius 2 is 2.27 bits per heavy atom. The van der Waals surface area contributed by atoms with E-state index in [-0.39, 0.29) is 6.09 Å². The summed E-state index contributed by atoms with van der Waals surface area (Å²) >= 11 is 3.39. The highest BCUT2D eigenvalue weighted by Crippen LogP contribution is 2.30. The van der Waals surface area contributed by atoms with Gasteiger partial charge in [0.2, 0.25) is 0 Å². The standard InChI is InChI=1S/C10H11BrN2O2/c11-8-3-2-7(12)6-9(8)13-4-1-5-15-10(13)14/h2-3,6H,1,4-5,12H2. The highest BCUT2D eigenvalue weighted by Gasteiger charge is 2.22. The van der Waals surface area contributed by atoms with E-state index in [9.17, 15) is 4.79 Å². The molecule has 1 aliphatic rings. The molecule has 4 nitrogen and oxygen atoms in total. The van der Waals surface area contributed by atoms with Crippen LogP contribution in [0.15, 0.2) is 22.7 Å². The minimum absolute atomic E-state index is 0.312. The molecular formula is C10H11BrN2O2. The fraction of sp³-hybridized carbons (Fsp3) is 0.300. The number of cyclic esters (lactones) is 1. The normalized spacial score (nSPS) is 16.3. The van der Waals surface area contributed by atoms with Gasteiger partial charge in [0.15, 0.2) is 0 Å². The molecule has 5 heteroatoms. The van der Waals surface area contributed by atoms with Gasteiger partial charge in [-0.05, 0) is 40.5 Å². The second kappa shape index (κ2) is 4.10. The topological polar surface area (TPSA) is 55.6 Å². The molecule has 1 aromatic rings. The molecule has 0 aromatic heterocycles. The molecule has 80 valence electrons. The van der Waals surface area contributed by atoms with Crippen molar-refractivity contribution in [2.45, 2.75) is 6.42 Å². The number of carbonyl (C=O) groups excluding carboxylic acids is 1. The van der Waals surface area contributed by atoms with Crippen molar-refractivity contribution in [1.82, 2.24) is 0 Å². The molecule has 0 bridgehead atoms. The molecule has 0 aliphatic carbocycles. The van der Waals surface area contributed by atoms with Crippen LogP contribution >= 0.6 is 15.9 Å². The van der Waals surface area contributed by atoms with Crippen LogP contribution in [0.4, 0.5) is 16.2 Å². The second-order valence-electron chi connectivity index (χ2n) is 3.33. The molecule has 0 radical (unpaired) electrons.